The van der Waals surface area contributed by atoms with E-state index in [-0.39, 0.29) is 24.8 Å². The van der Waals surface area contributed by atoms with Crippen LogP contribution in [0.3, 0.4) is 0 Å². The van der Waals surface area contributed by atoms with Gasteiger partial charge in [0.1, 0.15) is 5.75 Å². The van der Waals surface area contributed by atoms with Gasteiger partial charge in [-0.25, -0.2) is 0 Å². The molecular weight excluding hydrogens is 495 g/mol. The second-order valence-corrected chi connectivity index (χ2v) is 8.68. The highest BCUT2D eigenvalue weighted by atomic mass is 35.5. The van der Waals surface area contributed by atoms with Gasteiger partial charge in [-0.1, -0.05) is 36.0 Å². The Bertz CT molecular complexity index is 973. The van der Waals surface area contributed by atoms with Crippen LogP contribution >= 0.6 is 36.6 Å². The van der Waals surface area contributed by atoms with E-state index in [1.54, 1.807) is 23.6 Å². The predicted molar refractivity (Wildman–Crippen MR) is 140 cm³/mol. The molecule has 0 unspecified atom stereocenters. The Labute approximate surface area is 217 Å². The summed E-state index contributed by atoms with van der Waals surface area (Å²) >= 11 is 1.68. The normalized spacial score (nSPS) is 13.7. The number of tetrazole rings is 1. The molecule has 186 valence electrons. The molecule has 0 aliphatic carbocycles. The Hall–Kier alpha value is -1.88. The molecule has 0 amide bonds. The molecule has 0 saturated carbocycles. The first-order valence-corrected chi connectivity index (χ1v) is 12.0. The van der Waals surface area contributed by atoms with Crippen molar-refractivity contribution in [1.82, 2.24) is 30.4 Å². The molecule has 8 nitrogen and oxygen atoms in total. The van der Waals surface area contributed by atoms with Crippen molar-refractivity contribution in [2.75, 3.05) is 45.7 Å². The molecule has 1 aromatic heterocycles. The molecule has 4 rings (SSSR count). The minimum absolute atomic E-state index is 0. The van der Waals surface area contributed by atoms with Crippen LogP contribution in [-0.4, -0.2) is 70.8 Å². The summed E-state index contributed by atoms with van der Waals surface area (Å²) in [5.41, 5.74) is 3.48. The number of hydrogen-bond donors (Lipinski definition) is 1. The first-order chi connectivity index (χ1) is 15.8. The largest absolute Gasteiger partial charge is 0.496 e. The van der Waals surface area contributed by atoms with Crippen molar-refractivity contribution in [2.45, 2.75) is 24.7 Å². The van der Waals surface area contributed by atoms with E-state index < -0.39 is 0 Å². The first kappa shape index (κ1) is 28.4. The summed E-state index contributed by atoms with van der Waals surface area (Å²) in [6, 6.07) is 16.4. The highest BCUT2D eigenvalue weighted by molar-refractivity contribution is 7.99. The van der Waals surface area contributed by atoms with E-state index in [2.05, 4.69) is 43.9 Å². The van der Waals surface area contributed by atoms with E-state index in [0.29, 0.717) is 0 Å². The van der Waals surface area contributed by atoms with Gasteiger partial charge in [0.2, 0.25) is 5.16 Å². The molecule has 1 fully saturated rings. The zero-order valence-corrected chi connectivity index (χ0v) is 21.7. The topological polar surface area (TPSA) is 77.3 Å². The van der Waals surface area contributed by atoms with Crippen molar-refractivity contribution in [3.63, 3.8) is 0 Å². The van der Waals surface area contributed by atoms with Crippen LogP contribution < -0.4 is 10.1 Å². The number of hydrogen-bond acceptors (Lipinski definition) is 8. The Morgan fingerprint density at radius 1 is 1.09 bits per heavy atom. The van der Waals surface area contributed by atoms with Gasteiger partial charge in [0.05, 0.1) is 26.0 Å². The number of para-hydroxylation sites is 1. The van der Waals surface area contributed by atoms with Crippen LogP contribution in [0.5, 0.6) is 5.75 Å². The van der Waals surface area contributed by atoms with Gasteiger partial charge in [0, 0.05) is 37.5 Å². The van der Waals surface area contributed by atoms with Gasteiger partial charge in [-0.15, -0.1) is 29.9 Å². The lowest BCUT2D eigenvalue weighted by Gasteiger charge is -2.27. The highest BCUT2D eigenvalue weighted by Gasteiger charge is 2.14. The van der Waals surface area contributed by atoms with Gasteiger partial charge in [0.15, 0.2) is 0 Å². The zero-order valence-electron chi connectivity index (χ0n) is 19.3. The maximum Gasteiger partial charge on any atom is 0.214 e. The van der Waals surface area contributed by atoms with Gasteiger partial charge in [-0.2, -0.15) is 4.68 Å². The molecule has 0 bridgehead atoms. The molecule has 1 aliphatic heterocycles. The van der Waals surface area contributed by atoms with Crippen LogP contribution in [-0.2, 0) is 17.8 Å². The van der Waals surface area contributed by atoms with E-state index in [4.69, 9.17) is 9.47 Å². The van der Waals surface area contributed by atoms with Gasteiger partial charge in [-0.05, 0) is 53.2 Å². The van der Waals surface area contributed by atoms with E-state index >= 15 is 0 Å². The molecule has 1 N–H and O–H groups in total. The van der Waals surface area contributed by atoms with E-state index in [0.717, 1.165) is 74.7 Å². The van der Waals surface area contributed by atoms with E-state index in [9.17, 15) is 0 Å². The Balaban J connectivity index is 0.00000204. The fraction of sp³-hybridized carbons (Fsp3) is 0.435. The van der Waals surface area contributed by atoms with Crippen LogP contribution in [0.15, 0.2) is 53.7 Å². The number of thioether (sulfide) groups is 1. The maximum atomic E-state index is 5.58. The Morgan fingerprint density at radius 3 is 2.65 bits per heavy atom. The number of nitrogens with zero attached hydrogens (tertiary/aromatic N) is 5. The van der Waals surface area contributed by atoms with E-state index in [1.165, 1.54) is 11.1 Å². The zero-order chi connectivity index (χ0) is 22.0. The lowest BCUT2D eigenvalue weighted by Crippen LogP contribution is -2.35. The number of methoxy groups -OCH3 is 1. The SMILES string of the molecule is COc1ccc(CNCCCSc2nnnn2-c2ccccc2)cc1CN1CCOCC1.Cl.Cl. The summed E-state index contributed by atoms with van der Waals surface area (Å²) in [5, 5.41) is 16.4. The molecule has 11 heteroatoms. The van der Waals surface area contributed by atoms with Crippen molar-refractivity contribution in [2.24, 2.45) is 0 Å². The highest BCUT2D eigenvalue weighted by Crippen LogP contribution is 2.22. The molecule has 2 heterocycles. The van der Waals surface area contributed by atoms with Gasteiger partial charge in [0.25, 0.3) is 0 Å². The smallest absolute Gasteiger partial charge is 0.214 e. The fourth-order valence-electron chi connectivity index (χ4n) is 3.66. The van der Waals surface area contributed by atoms with Crippen molar-refractivity contribution in [1.29, 1.82) is 0 Å². The lowest BCUT2D eigenvalue weighted by atomic mass is 10.1. The molecule has 0 spiro atoms. The van der Waals surface area contributed by atoms with Crippen molar-refractivity contribution < 1.29 is 9.47 Å². The van der Waals surface area contributed by atoms with Crippen LogP contribution in [0.1, 0.15) is 17.5 Å². The summed E-state index contributed by atoms with van der Waals surface area (Å²) in [4.78, 5) is 2.42. The minimum atomic E-state index is 0. The van der Waals surface area contributed by atoms with Crippen molar-refractivity contribution >= 4 is 36.6 Å². The van der Waals surface area contributed by atoms with Crippen LogP contribution in [0.25, 0.3) is 5.69 Å². The number of rotatable bonds is 11. The molecule has 3 aromatic rings. The molecule has 0 atom stereocenters. The monoisotopic (exact) mass is 526 g/mol. The van der Waals surface area contributed by atoms with Gasteiger partial charge < -0.3 is 14.8 Å². The molecule has 34 heavy (non-hydrogen) atoms. The quantitative estimate of drug-likeness (QED) is 0.300. The summed E-state index contributed by atoms with van der Waals surface area (Å²) in [6.45, 7) is 6.22. The molecule has 2 aromatic carbocycles. The third kappa shape index (κ3) is 8.11. The summed E-state index contributed by atoms with van der Waals surface area (Å²) in [7, 11) is 1.74. The number of morpholine rings is 1. The molecule has 0 radical (unpaired) electrons. The summed E-state index contributed by atoms with van der Waals surface area (Å²) < 4.78 is 12.8. The summed E-state index contributed by atoms with van der Waals surface area (Å²) in [5.74, 6) is 1.90. The fourth-order valence-corrected chi connectivity index (χ4v) is 4.49. The molecular formula is C23H32Cl2N6O2S. The average Bonchev–Trinajstić information content (AvgIpc) is 3.31. The number of benzene rings is 2. The number of aromatic nitrogens is 4. The number of nitrogens with one attached hydrogen (secondary N) is 1. The minimum Gasteiger partial charge on any atom is -0.496 e. The standard InChI is InChI=1S/C23H30N6O2S.2ClH/c1-30-22-9-8-19(16-20(22)18-28-11-13-31-14-12-28)17-24-10-5-15-32-23-25-26-27-29(23)21-6-3-2-4-7-21;;/h2-4,6-9,16,24H,5,10-15,17-18H2,1H3;2*1H. The van der Waals surface area contributed by atoms with Crippen LogP contribution in [0.4, 0.5) is 0 Å². The Morgan fingerprint density at radius 2 is 1.88 bits per heavy atom. The molecule has 1 saturated heterocycles. The van der Waals surface area contributed by atoms with Crippen molar-refractivity contribution in [3.8, 4) is 11.4 Å². The third-order valence-electron chi connectivity index (χ3n) is 5.34. The van der Waals surface area contributed by atoms with Crippen LogP contribution in [0, 0.1) is 0 Å². The summed E-state index contributed by atoms with van der Waals surface area (Å²) in [6.07, 6.45) is 1.03. The maximum absolute atomic E-state index is 5.58. The third-order valence-corrected chi connectivity index (χ3v) is 6.35. The Kier molecular flexibility index (Phi) is 12.7. The van der Waals surface area contributed by atoms with Crippen molar-refractivity contribution in [3.05, 3.63) is 59.7 Å². The second-order valence-electron chi connectivity index (χ2n) is 7.62. The first-order valence-electron chi connectivity index (χ1n) is 11.0. The second kappa shape index (κ2) is 15.2. The predicted octanol–water partition coefficient (Wildman–Crippen LogP) is 3.62. The van der Waals surface area contributed by atoms with Crippen LogP contribution in [0.2, 0.25) is 0 Å². The van der Waals surface area contributed by atoms with E-state index in [1.807, 2.05) is 30.3 Å². The van der Waals surface area contributed by atoms with Gasteiger partial charge in [-0.3, -0.25) is 4.90 Å². The van der Waals surface area contributed by atoms with Gasteiger partial charge >= 0.3 is 0 Å². The molecule has 1 aliphatic rings. The average molecular weight is 528 g/mol. The number of ether oxygens (including phenoxy) is 2. The number of halogens is 2. The lowest BCUT2D eigenvalue weighted by molar-refractivity contribution is 0.0339.